The molecule has 0 heterocycles. The molecule has 1 N–H and O–H groups in total. The number of nitrogens with one attached hydrogen (secondary N) is 1. The van der Waals surface area contributed by atoms with Crippen molar-refractivity contribution in [1.82, 2.24) is 4.72 Å². The summed E-state index contributed by atoms with van der Waals surface area (Å²) in [7, 11) is -4.42. The number of alkyl halides is 1. The highest BCUT2D eigenvalue weighted by molar-refractivity contribution is 7.89. The SMILES string of the molecule is CC(C)CC(Cl)CNS(=O)(=O)c1c(F)cc(F)cc1F. The lowest BCUT2D eigenvalue weighted by molar-refractivity contribution is 0.491. The van der Waals surface area contributed by atoms with Crippen molar-refractivity contribution < 1.29 is 21.6 Å². The van der Waals surface area contributed by atoms with Gasteiger partial charge in [0.05, 0.1) is 0 Å². The number of hydrogen-bond donors (Lipinski definition) is 1. The van der Waals surface area contributed by atoms with E-state index in [-0.39, 0.29) is 12.5 Å². The van der Waals surface area contributed by atoms with E-state index in [0.29, 0.717) is 18.6 Å². The molecule has 0 saturated heterocycles. The Morgan fingerprint density at radius 2 is 1.70 bits per heavy atom. The lowest BCUT2D eigenvalue weighted by Crippen LogP contribution is -2.31. The van der Waals surface area contributed by atoms with E-state index in [9.17, 15) is 21.6 Å². The maximum absolute atomic E-state index is 13.4. The molecule has 0 spiro atoms. The van der Waals surface area contributed by atoms with Crippen molar-refractivity contribution in [2.24, 2.45) is 5.92 Å². The molecule has 0 fully saturated rings. The van der Waals surface area contributed by atoms with Gasteiger partial charge in [-0.2, -0.15) is 0 Å². The van der Waals surface area contributed by atoms with Crippen molar-refractivity contribution in [3.05, 3.63) is 29.6 Å². The molecular formula is C12H15ClF3NO2S. The maximum atomic E-state index is 13.4. The fourth-order valence-electron chi connectivity index (χ4n) is 1.65. The number of hydrogen-bond acceptors (Lipinski definition) is 2. The van der Waals surface area contributed by atoms with E-state index in [1.807, 2.05) is 18.6 Å². The molecule has 0 bridgehead atoms. The Bertz CT molecular complexity index is 555. The Labute approximate surface area is 121 Å². The predicted octanol–water partition coefficient (Wildman–Crippen LogP) is 3.04. The summed E-state index contributed by atoms with van der Waals surface area (Å²) < 4.78 is 65.2. The molecule has 8 heteroatoms. The zero-order valence-corrected chi connectivity index (χ0v) is 12.5. The smallest absolute Gasteiger partial charge is 0.209 e. The predicted molar refractivity (Wildman–Crippen MR) is 70.6 cm³/mol. The van der Waals surface area contributed by atoms with E-state index in [1.54, 1.807) is 0 Å². The number of halogens is 4. The van der Waals surface area contributed by atoms with Gasteiger partial charge in [0.15, 0.2) is 4.90 Å². The van der Waals surface area contributed by atoms with Gasteiger partial charge in [-0.05, 0) is 12.3 Å². The van der Waals surface area contributed by atoms with Crippen molar-refractivity contribution in [2.45, 2.75) is 30.5 Å². The van der Waals surface area contributed by atoms with Crippen molar-refractivity contribution >= 4 is 21.6 Å². The van der Waals surface area contributed by atoms with Gasteiger partial charge in [0, 0.05) is 24.1 Å². The van der Waals surface area contributed by atoms with Gasteiger partial charge in [-0.15, -0.1) is 11.6 Å². The zero-order valence-electron chi connectivity index (χ0n) is 11.0. The first-order chi connectivity index (χ1) is 9.13. The molecule has 1 aromatic rings. The van der Waals surface area contributed by atoms with E-state index >= 15 is 0 Å². The van der Waals surface area contributed by atoms with E-state index in [1.165, 1.54) is 0 Å². The van der Waals surface area contributed by atoms with Gasteiger partial charge in [-0.1, -0.05) is 13.8 Å². The molecule has 3 nitrogen and oxygen atoms in total. The number of benzene rings is 1. The van der Waals surface area contributed by atoms with Gasteiger partial charge >= 0.3 is 0 Å². The third-order valence-corrected chi connectivity index (χ3v) is 4.26. The largest absolute Gasteiger partial charge is 0.246 e. The van der Waals surface area contributed by atoms with Crippen LogP contribution in [0, 0.1) is 23.4 Å². The lowest BCUT2D eigenvalue weighted by atomic mass is 10.1. The molecule has 0 radical (unpaired) electrons. The number of sulfonamides is 1. The highest BCUT2D eigenvalue weighted by Gasteiger charge is 2.25. The van der Waals surface area contributed by atoms with Crippen LogP contribution in [0.1, 0.15) is 20.3 Å². The topological polar surface area (TPSA) is 46.2 Å². The Kier molecular flexibility index (Phi) is 5.85. The van der Waals surface area contributed by atoms with Crippen molar-refractivity contribution in [1.29, 1.82) is 0 Å². The number of rotatable bonds is 6. The minimum Gasteiger partial charge on any atom is -0.209 e. The molecule has 1 rings (SSSR count). The average Bonchev–Trinajstić information content (AvgIpc) is 2.23. The highest BCUT2D eigenvalue weighted by atomic mass is 35.5. The van der Waals surface area contributed by atoms with Crippen LogP contribution in [0.4, 0.5) is 13.2 Å². The van der Waals surface area contributed by atoms with E-state index in [4.69, 9.17) is 11.6 Å². The first kappa shape index (κ1) is 17.3. The molecule has 0 aliphatic rings. The third-order valence-electron chi connectivity index (χ3n) is 2.45. The van der Waals surface area contributed by atoms with E-state index < -0.39 is 37.7 Å². The van der Waals surface area contributed by atoms with E-state index in [2.05, 4.69) is 0 Å². The first-order valence-corrected chi connectivity index (χ1v) is 7.83. The van der Waals surface area contributed by atoms with Crippen molar-refractivity contribution in [2.75, 3.05) is 6.54 Å². The van der Waals surface area contributed by atoms with Gasteiger partial charge in [0.1, 0.15) is 17.5 Å². The summed E-state index contributed by atoms with van der Waals surface area (Å²) in [5.74, 6) is -3.90. The van der Waals surface area contributed by atoms with Crippen LogP contribution in [-0.4, -0.2) is 20.3 Å². The van der Waals surface area contributed by atoms with Crippen LogP contribution in [0.25, 0.3) is 0 Å². The standard InChI is InChI=1S/C12H15ClF3NO2S/c1-7(2)3-8(13)6-17-20(18,19)12-10(15)4-9(14)5-11(12)16/h4-5,7-8,17H,3,6H2,1-2H3. The minimum atomic E-state index is -4.42. The molecule has 1 aromatic carbocycles. The highest BCUT2D eigenvalue weighted by Crippen LogP contribution is 2.20. The normalized spacial score (nSPS) is 13.8. The van der Waals surface area contributed by atoms with Crippen LogP contribution in [0.3, 0.4) is 0 Å². The molecule has 1 atom stereocenters. The fraction of sp³-hybridized carbons (Fsp3) is 0.500. The Hall–Kier alpha value is -0.790. The lowest BCUT2D eigenvalue weighted by Gasteiger charge is -2.14. The van der Waals surface area contributed by atoms with Crippen molar-refractivity contribution in [3.8, 4) is 0 Å². The first-order valence-electron chi connectivity index (χ1n) is 5.91. The second-order valence-corrected chi connectivity index (χ2v) is 7.10. The van der Waals surface area contributed by atoms with Crippen LogP contribution in [-0.2, 0) is 10.0 Å². The zero-order chi connectivity index (χ0) is 15.5. The molecular weight excluding hydrogens is 315 g/mol. The molecule has 0 aromatic heterocycles. The summed E-state index contributed by atoms with van der Waals surface area (Å²) in [5.41, 5.74) is 0. The molecule has 0 aliphatic heterocycles. The molecule has 114 valence electrons. The van der Waals surface area contributed by atoms with Gasteiger partial charge in [-0.3, -0.25) is 0 Å². The Morgan fingerprint density at radius 3 is 2.15 bits per heavy atom. The summed E-state index contributed by atoms with van der Waals surface area (Å²) in [5, 5.41) is -0.503. The third kappa shape index (κ3) is 4.64. The van der Waals surface area contributed by atoms with Crippen LogP contribution >= 0.6 is 11.6 Å². The summed E-state index contributed by atoms with van der Waals surface area (Å²) in [4.78, 5) is -1.20. The Balaban J connectivity index is 2.90. The van der Waals surface area contributed by atoms with Crippen LogP contribution < -0.4 is 4.72 Å². The molecule has 1 unspecified atom stereocenters. The summed E-state index contributed by atoms with van der Waals surface area (Å²) >= 11 is 5.90. The summed E-state index contributed by atoms with van der Waals surface area (Å²) in [6.07, 6.45) is 0.540. The van der Waals surface area contributed by atoms with Gasteiger partial charge in [0.25, 0.3) is 0 Å². The van der Waals surface area contributed by atoms with Crippen LogP contribution in [0.2, 0.25) is 0 Å². The Morgan fingerprint density at radius 1 is 1.20 bits per heavy atom. The summed E-state index contributed by atoms with van der Waals surface area (Å²) in [6.45, 7) is 3.64. The fourth-order valence-corrected chi connectivity index (χ4v) is 3.37. The monoisotopic (exact) mass is 329 g/mol. The van der Waals surface area contributed by atoms with Crippen LogP contribution in [0.15, 0.2) is 17.0 Å². The van der Waals surface area contributed by atoms with Crippen molar-refractivity contribution in [3.63, 3.8) is 0 Å². The average molecular weight is 330 g/mol. The van der Waals surface area contributed by atoms with Gasteiger partial charge in [-0.25, -0.2) is 26.3 Å². The maximum Gasteiger partial charge on any atom is 0.246 e. The second kappa shape index (κ2) is 6.78. The minimum absolute atomic E-state index is 0.168. The van der Waals surface area contributed by atoms with Gasteiger partial charge in [0.2, 0.25) is 10.0 Å². The summed E-state index contributed by atoms with van der Waals surface area (Å²) in [6, 6.07) is 0.619. The molecule has 0 saturated carbocycles. The molecule has 0 aliphatic carbocycles. The molecule has 20 heavy (non-hydrogen) atoms. The van der Waals surface area contributed by atoms with E-state index in [0.717, 1.165) is 0 Å². The van der Waals surface area contributed by atoms with Crippen LogP contribution in [0.5, 0.6) is 0 Å². The second-order valence-electron chi connectivity index (χ2n) is 4.78. The quantitative estimate of drug-likeness (QED) is 0.815. The van der Waals surface area contributed by atoms with Gasteiger partial charge < -0.3 is 0 Å². The molecule has 0 amide bonds.